The maximum Gasteiger partial charge on any atom is 0.247 e. The summed E-state index contributed by atoms with van der Waals surface area (Å²) < 4.78 is 39.6. The van der Waals surface area contributed by atoms with Crippen molar-refractivity contribution < 1.29 is 38.1 Å². The number of hydrogen-bond donors (Lipinski definition) is 8. The van der Waals surface area contributed by atoms with E-state index in [4.69, 9.17) is 50.0 Å². The van der Waals surface area contributed by atoms with E-state index in [9.17, 15) is 28.6 Å². The van der Waals surface area contributed by atoms with Crippen LogP contribution in [0.3, 0.4) is 0 Å². The smallest absolute Gasteiger partial charge is 0.247 e. The Morgan fingerprint density at radius 3 is 1.33 bits per heavy atom. The Labute approximate surface area is 485 Å². The third-order valence-electron chi connectivity index (χ3n) is 11.4. The molecule has 0 saturated carbocycles. The molecule has 0 unspecified atom stereocenters. The Bertz CT molecular complexity index is 3160. The number of carbonyl (C=O) groups is 2. The number of nitrogens with zero attached hydrogens (tertiary/aromatic N) is 10. The molecule has 0 fully saturated rings. The zero-order valence-electron chi connectivity index (χ0n) is 47.1. The van der Waals surface area contributed by atoms with Crippen molar-refractivity contribution in [1.82, 2.24) is 39.7 Å². The Morgan fingerprint density at radius 1 is 0.605 bits per heavy atom. The van der Waals surface area contributed by atoms with Gasteiger partial charge in [0.15, 0.2) is 0 Å². The number of hydrogen-bond acceptors (Lipinski definition) is 21. The number of allylic oxidation sites excluding steroid dienone is 1. The molecular weight excluding hydrogens is 1110 g/mol. The van der Waals surface area contributed by atoms with E-state index in [2.05, 4.69) is 84.3 Å². The van der Waals surface area contributed by atoms with Crippen LogP contribution >= 0.6 is 34.8 Å². The number of aromatic nitrogens is 6. The SMILES string of the molecule is C=CC(=O)Cl.C=CC(=O)Nc1cc(Nc2ncnc(Nc3cc(F)c(Cl)cc3C(C)(C)O)n2)c(OC)cc1N(C)CCN(C)C.COc1cc(N(C)CCN(C)C)c(N)cc1Nc1ncnc(Nc2cc(F)c(Cl)cc2C(C)(C)O)n1. The minimum atomic E-state index is -1.32. The molecule has 6 aromatic rings. The lowest BCUT2D eigenvalue weighted by Gasteiger charge is -2.26. The second-order valence-electron chi connectivity index (χ2n) is 19.3. The number of likely N-dealkylation sites (N-methyl/N-ethyl adjacent to an activating group) is 4. The number of amides is 1. The minimum Gasteiger partial charge on any atom is -0.494 e. The number of benzene rings is 4. The van der Waals surface area contributed by atoms with Crippen LogP contribution in [0.25, 0.3) is 0 Å². The van der Waals surface area contributed by atoms with Crippen LogP contribution in [0.2, 0.25) is 10.0 Å². The number of halogens is 5. The second kappa shape index (κ2) is 29.7. The van der Waals surface area contributed by atoms with Crippen molar-refractivity contribution in [2.75, 3.05) is 125 Å². The Hall–Kier alpha value is -7.71. The number of methoxy groups -OCH3 is 2. The summed E-state index contributed by atoms with van der Waals surface area (Å²) in [5.41, 5.74) is 8.65. The number of carbonyl (C=O) groups excluding carboxylic acids is 2. The van der Waals surface area contributed by atoms with Gasteiger partial charge in [-0.05, 0) is 116 Å². The third kappa shape index (κ3) is 19.8. The molecular formula is C54H69Cl3F2N16O6. The summed E-state index contributed by atoms with van der Waals surface area (Å²) in [7, 11) is 15.0. The molecule has 0 spiro atoms. The van der Waals surface area contributed by atoms with Crippen molar-refractivity contribution >= 4 is 115 Å². The van der Waals surface area contributed by atoms with E-state index in [0.29, 0.717) is 51.9 Å². The molecule has 27 heteroatoms. The summed E-state index contributed by atoms with van der Waals surface area (Å²) in [6.07, 6.45) is 4.80. The third-order valence-corrected chi connectivity index (χ3v) is 12.2. The number of ether oxygens (including phenoxy) is 2. The zero-order valence-corrected chi connectivity index (χ0v) is 49.4. The molecule has 0 atom stereocenters. The van der Waals surface area contributed by atoms with Crippen molar-refractivity contribution in [3.63, 3.8) is 0 Å². The molecule has 2 aromatic heterocycles. The van der Waals surface area contributed by atoms with Gasteiger partial charge in [0.05, 0.1) is 69.6 Å². The van der Waals surface area contributed by atoms with Crippen LogP contribution in [0, 0.1) is 11.6 Å². The van der Waals surface area contributed by atoms with E-state index in [1.807, 2.05) is 53.3 Å². The summed E-state index contributed by atoms with van der Waals surface area (Å²) >= 11 is 16.6. The zero-order chi connectivity index (χ0) is 60.5. The van der Waals surface area contributed by atoms with E-state index in [0.717, 1.165) is 43.2 Å². The number of rotatable bonds is 23. The predicted octanol–water partition coefficient (Wildman–Crippen LogP) is 9.41. The highest BCUT2D eigenvalue weighted by Crippen LogP contribution is 2.40. The number of nitrogens with one attached hydrogen (secondary N) is 5. The van der Waals surface area contributed by atoms with Crippen LogP contribution in [0.4, 0.5) is 78.1 Å². The highest BCUT2D eigenvalue weighted by atomic mass is 35.5. The van der Waals surface area contributed by atoms with Crippen LogP contribution in [-0.4, -0.2) is 144 Å². The lowest BCUT2D eigenvalue weighted by atomic mass is 9.96. The summed E-state index contributed by atoms with van der Waals surface area (Å²) in [5.74, 6) is -0.0898. The normalized spacial score (nSPS) is 11.1. The molecule has 1 amide bonds. The van der Waals surface area contributed by atoms with Crippen LogP contribution in [0.15, 0.2) is 86.5 Å². The number of aliphatic hydroxyl groups is 2. The molecule has 0 aliphatic carbocycles. The molecule has 0 saturated heterocycles. The molecule has 81 heavy (non-hydrogen) atoms. The van der Waals surface area contributed by atoms with Gasteiger partial charge in [0.25, 0.3) is 0 Å². The minimum absolute atomic E-state index is 0.0870. The summed E-state index contributed by atoms with van der Waals surface area (Å²) in [6.45, 7) is 16.0. The first-order valence-electron chi connectivity index (χ1n) is 24.5. The fourth-order valence-corrected chi connectivity index (χ4v) is 7.51. The van der Waals surface area contributed by atoms with Gasteiger partial charge in [-0.1, -0.05) is 36.4 Å². The fourth-order valence-electron chi connectivity index (χ4n) is 7.19. The fraction of sp³-hybridized carbons (Fsp3) is 0.333. The quantitative estimate of drug-likeness (QED) is 0.0169. The molecule has 22 nitrogen and oxygen atoms in total. The van der Waals surface area contributed by atoms with Gasteiger partial charge >= 0.3 is 0 Å². The summed E-state index contributed by atoms with van der Waals surface area (Å²) in [6, 6.07) is 12.2. The van der Waals surface area contributed by atoms with Gasteiger partial charge in [-0.25, -0.2) is 28.7 Å². The standard InChI is InChI=1S/C27H34ClFN8O3.C24H32ClFN8O2.C3H3ClO/c1-8-24(38)32-20-13-21(23(40-7)14-22(20)37(6)10-9-36(4)5)34-26-31-15-30-25(35-26)33-19-12-18(29)17(28)11-16(19)27(2,3)39;1-24(2,35)14-9-15(25)16(26)10-18(14)30-22-28-13-29-23(32-22)31-19-11-17(27)20(12-21(19)36-6)34(5)8-7-33(3)4;1-2-3(4)5/h8,11-15,39H,1,9-10H2,2-7H3,(H,32,38)(H2,30,31,33,34,35);9-13,35H,7-8,27H2,1-6H3,(H2,28,29,30,31,32);2H,1H2. The topological polar surface area (TPSA) is 270 Å². The van der Waals surface area contributed by atoms with Gasteiger partial charge in [-0.15, -0.1) is 0 Å². The molecule has 9 N–H and O–H groups in total. The number of nitrogen functional groups attached to an aromatic ring is 1. The highest BCUT2D eigenvalue weighted by Gasteiger charge is 2.25. The van der Waals surface area contributed by atoms with E-state index < -0.39 is 28.1 Å². The molecule has 2 heterocycles. The van der Waals surface area contributed by atoms with E-state index in [1.165, 1.54) is 44.0 Å². The Kier molecular flexibility index (Phi) is 24.1. The van der Waals surface area contributed by atoms with Gasteiger partial charge in [0, 0.05) is 74.9 Å². The molecule has 6 rings (SSSR count). The molecule has 0 aliphatic rings. The van der Waals surface area contributed by atoms with Crippen molar-refractivity contribution in [2.24, 2.45) is 0 Å². The van der Waals surface area contributed by atoms with Crippen LogP contribution in [0.5, 0.6) is 11.5 Å². The van der Waals surface area contributed by atoms with Crippen molar-refractivity contribution in [1.29, 1.82) is 0 Å². The lowest BCUT2D eigenvalue weighted by molar-refractivity contribution is -0.112. The van der Waals surface area contributed by atoms with Crippen LogP contribution in [-0.2, 0) is 20.8 Å². The monoisotopic (exact) mass is 1180 g/mol. The Balaban J connectivity index is 0.000000323. The number of nitrogens with two attached hydrogens (primary N) is 1. The second-order valence-corrected chi connectivity index (χ2v) is 20.5. The van der Waals surface area contributed by atoms with E-state index in [1.54, 1.807) is 53.0 Å². The molecule has 436 valence electrons. The van der Waals surface area contributed by atoms with E-state index in [-0.39, 0.29) is 51.1 Å². The van der Waals surface area contributed by atoms with Crippen molar-refractivity contribution in [3.05, 3.63) is 119 Å². The number of anilines is 12. The van der Waals surface area contributed by atoms with Crippen LogP contribution < -0.4 is 51.6 Å². The van der Waals surface area contributed by atoms with Crippen LogP contribution in [0.1, 0.15) is 38.8 Å². The van der Waals surface area contributed by atoms with Crippen molar-refractivity contribution in [3.8, 4) is 11.5 Å². The average molecular weight is 1180 g/mol. The lowest BCUT2D eigenvalue weighted by Crippen LogP contribution is -2.29. The van der Waals surface area contributed by atoms with Gasteiger partial charge in [0.2, 0.25) is 34.9 Å². The molecule has 4 aromatic carbocycles. The molecule has 0 radical (unpaired) electrons. The first kappa shape index (κ1) is 65.8. The Morgan fingerprint density at radius 2 is 0.975 bits per heavy atom. The largest absolute Gasteiger partial charge is 0.494 e. The summed E-state index contributed by atoms with van der Waals surface area (Å²) in [5, 5.41) is 35.2. The summed E-state index contributed by atoms with van der Waals surface area (Å²) in [4.78, 5) is 55.2. The highest BCUT2D eigenvalue weighted by molar-refractivity contribution is 6.66. The van der Waals surface area contributed by atoms with Gasteiger partial charge in [-0.3, -0.25) is 9.59 Å². The van der Waals surface area contributed by atoms with Gasteiger partial charge in [-0.2, -0.15) is 9.97 Å². The molecule has 0 bridgehead atoms. The maximum absolute atomic E-state index is 14.3. The maximum atomic E-state index is 14.3. The van der Waals surface area contributed by atoms with Gasteiger partial charge in [0.1, 0.15) is 35.8 Å². The first-order chi connectivity index (χ1) is 38.0. The van der Waals surface area contributed by atoms with E-state index >= 15 is 0 Å². The molecule has 0 aliphatic heterocycles. The predicted molar refractivity (Wildman–Crippen MR) is 320 cm³/mol. The van der Waals surface area contributed by atoms with Gasteiger partial charge < -0.3 is 71.6 Å². The van der Waals surface area contributed by atoms with Crippen molar-refractivity contribution in [2.45, 2.75) is 38.9 Å². The average Bonchev–Trinajstić information content (AvgIpc) is 3.39. The first-order valence-corrected chi connectivity index (χ1v) is 25.7.